The van der Waals surface area contributed by atoms with Crippen molar-refractivity contribution in [3.05, 3.63) is 65.5 Å². The Labute approximate surface area is 141 Å². The van der Waals surface area contributed by atoms with Gasteiger partial charge in [0.2, 0.25) is 0 Å². The van der Waals surface area contributed by atoms with Gasteiger partial charge in [-0.05, 0) is 42.7 Å². The van der Waals surface area contributed by atoms with E-state index < -0.39 is 15.7 Å². The molecule has 128 valence electrons. The van der Waals surface area contributed by atoms with E-state index in [1.165, 1.54) is 24.3 Å². The summed E-state index contributed by atoms with van der Waals surface area (Å²) in [6, 6.07) is 12.3. The Bertz CT molecular complexity index is 801. The minimum atomic E-state index is -3.47. The first kappa shape index (κ1) is 18.1. The van der Waals surface area contributed by atoms with Crippen LogP contribution in [-0.2, 0) is 16.3 Å². The third-order valence-corrected chi connectivity index (χ3v) is 5.52. The zero-order valence-electron chi connectivity index (χ0n) is 13.5. The quantitative estimate of drug-likeness (QED) is 0.836. The lowest BCUT2D eigenvalue weighted by atomic mass is 10.1. The Morgan fingerprint density at radius 2 is 1.75 bits per heavy atom. The molecule has 1 amide bonds. The molecule has 1 N–H and O–H groups in total. The molecule has 0 bridgehead atoms. The van der Waals surface area contributed by atoms with Crippen LogP contribution < -0.4 is 5.32 Å². The third-order valence-electron chi connectivity index (χ3n) is 3.55. The van der Waals surface area contributed by atoms with Crippen molar-refractivity contribution in [3.8, 4) is 0 Å². The van der Waals surface area contributed by atoms with Gasteiger partial charge in [0.15, 0.2) is 9.84 Å². The molecule has 0 unspecified atom stereocenters. The van der Waals surface area contributed by atoms with Crippen LogP contribution >= 0.6 is 0 Å². The van der Waals surface area contributed by atoms with Gasteiger partial charge >= 0.3 is 0 Å². The largest absolute Gasteiger partial charge is 0.352 e. The minimum absolute atomic E-state index is 0.00682. The van der Waals surface area contributed by atoms with Gasteiger partial charge in [0.05, 0.1) is 16.2 Å². The van der Waals surface area contributed by atoms with Crippen LogP contribution in [0.15, 0.2) is 53.4 Å². The summed E-state index contributed by atoms with van der Waals surface area (Å²) < 4.78 is 37.4. The molecule has 2 aromatic carbocycles. The molecular weight excluding hydrogens is 329 g/mol. The van der Waals surface area contributed by atoms with Gasteiger partial charge in [0.1, 0.15) is 5.82 Å². The van der Waals surface area contributed by atoms with Gasteiger partial charge in [0, 0.05) is 6.54 Å². The number of sulfone groups is 1. The predicted octanol–water partition coefficient (Wildman–Crippen LogP) is 2.98. The van der Waals surface area contributed by atoms with Crippen LogP contribution in [0.3, 0.4) is 0 Å². The summed E-state index contributed by atoms with van der Waals surface area (Å²) in [5, 5.41) is 2.72. The summed E-state index contributed by atoms with van der Waals surface area (Å²) in [7, 11) is -3.47. The van der Waals surface area contributed by atoms with Gasteiger partial charge in [-0.15, -0.1) is 0 Å². The summed E-state index contributed by atoms with van der Waals surface area (Å²) in [5.74, 6) is -0.724. The number of carbonyl (C=O) groups excluding carboxylic acids is 1. The lowest BCUT2D eigenvalue weighted by molar-refractivity contribution is 0.0951. The molecule has 0 aromatic heterocycles. The van der Waals surface area contributed by atoms with E-state index in [0.717, 1.165) is 5.56 Å². The fourth-order valence-electron chi connectivity index (χ4n) is 2.37. The second kappa shape index (κ2) is 8.06. The van der Waals surface area contributed by atoms with Crippen molar-refractivity contribution in [1.29, 1.82) is 0 Å². The van der Waals surface area contributed by atoms with Crippen molar-refractivity contribution in [3.63, 3.8) is 0 Å². The van der Waals surface area contributed by atoms with E-state index >= 15 is 0 Å². The second-order valence-corrected chi connectivity index (χ2v) is 7.52. The second-order valence-electron chi connectivity index (χ2n) is 5.45. The first-order chi connectivity index (χ1) is 11.4. The predicted molar refractivity (Wildman–Crippen MR) is 91.2 cm³/mol. The van der Waals surface area contributed by atoms with Crippen LogP contribution in [0.4, 0.5) is 4.39 Å². The maximum Gasteiger partial charge on any atom is 0.252 e. The molecule has 0 radical (unpaired) electrons. The standard InChI is InChI=1S/C18H20FNO3S/c1-2-13-24(22,23)17-6-4-3-5-16(17)18(21)20-12-11-14-7-9-15(19)10-8-14/h3-10H,2,11-13H2,1H3,(H,20,21). The van der Waals surface area contributed by atoms with Gasteiger partial charge in [-0.1, -0.05) is 31.2 Å². The van der Waals surface area contributed by atoms with Crippen LogP contribution in [0, 0.1) is 5.82 Å². The molecular formula is C18H20FNO3S. The highest BCUT2D eigenvalue weighted by atomic mass is 32.2. The number of nitrogens with one attached hydrogen (secondary N) is 1. The van der Waals surface area contributed by atoms with Crippen molar-refractivity contribution in [2.24, 2.45) is 0 Å². The van der Waals surface area contributed by atoms with E-state index in [2.05, 4.69) is 5.32 Å². The molecule has 0 saturated heterocycles. The highest BCUT2D eigenvalue weighted by Gasteiger charge is 2.21. The topological polar surface area (TPSA) is 63.2 Å². The van der Waals surface area contributed by atoms with Crippen molar-refractivity contribution in [2.75, 3.05) is 12.3 Å². The summed E-state index contributed by atoms with van der Waals surface area (Å²) in [6.07, 6.45) is 1.03. The number of hydrogen-bond donors (Lipinski definition) is 1. The Kier molecular flexibility index (Phi) is 6.09. The molecule has 0 fully saturated rings. The van der Waals surface area contributed by atoms with Crippen molar-refractivity contribution >= 4 is 15.7 Å². The number of hydrogen-bond acceptors (Lipinski definition) is 3. The monoisotopic (exact) mass is 349 g/mol. The SMILES string of the molecule is CCCS(=O)(=O)c1ccccc1C(=O)NCCc1ccc(F)cc1. The molecule has 4 nitrogen and oxygen atoms in total. The molecule has 0 saturated carbocycles. The number of carbonyl (C=O) groups is 1. The Hall–Kier alpha value is -2.21. The molecule has 0 aliphatic carbocycles. The zero-order chi connectivity index (χ0) is 17.6. The van der Waals surface area contributed by atoms with E-state index in [1.54, 1.807) is 31.2 Å². The van der Waals surface area contributed by atoms with E-state index in [0.29, 0.717) is 19.4 Å². The third kappa shape index (κ3) is 4.64. The fourth-order valence-corrected chi connectivity index (χ4v) is 3.91. The molecule has 0 heterocycles. The van der Waals surface area contributed by atoms with Crippen LogP contribution in [0.5, 0.6) is 0 Å². The van der Waals surface area contributed by atoms with Crippen LogP contribution in [-0.4, -0.2) is 26.6 Å². The zero-order valence-corrected chi connectivity index (χ0v) is 14.3. The molecule has 0 aliphatic rings. The van der Waals surface area contributed by atoms with Crippen LogP contribution in [0.1, 0.15) is 29.3 Å². The number of rotatable bonds is 7. The average Bonchev–Trinajstić information content (AvgIpc) is 2.56. The highest BCUT2D eigenvalue weighted by molar-refractivity contribution is 7.91. The molecule has 2 rings (SSSR count). The van der Waals surface area contributed by atoms with Crippen LogP contribution in [0.25, 0.3) is 0 Å². The van der Waals surface area contributed by atoms with Crippen molar-refractivity contribution in [2.45, 2.75) is 24.7 Å². The first-order valence-electron chi connectivity index (χ1n) is 7.78. The van der Waals surface area contributed by atoms with Crippen molar-refractivity contribution in [1.82, 2.24) is 5.32 Å². The molecule has 24 heavy (non-hydrogen) atoms. The lowest BCUT2D eigenvalue weighted by Gasteiger charge is -2.10. The van der Waals surface area contributed by atoms with E-state index in [1.807, 2.05) is 0 Å². The van der Waals surface area contributed by atoms with Gasteiger partial charge in [0.25, 0.3) is 5.91 Å². The normalized spacial score (nSPS) is 11.2. The molecule has 0 spiro atoms. The smallest absolute Gasteiger partial charge is 0.252 e. The van der Waals surface area contributed by atoms with Crippen LogP contribution in [0.2, 0.25) is 0 Å². The summed E-state index contributed by atoms with van der Waals surface area (Å²) >= 11 is 0. The lowest BCUT2D eigenvalue weighted by Crippen LogP contribution is -2.27. The summed E-state index contributed by atoms with van der Waals surface area (Å²) in [6.45, 7) is 2.12. The van der Waals surface area contributed by atoms with Gasteiger partial charge in [-0.2, -0.15) is 0 Å². The Balaban J connectivity index is 2.06. The Morgan fingerprint density at radius 1 is 1.08 bits per heavy atom. The van der Waals surface area contributed by atoms with Gasteiger partial charge in [-0.25, -0.2) is 12.8 Å². The van der Waals surface area contributed by atoms with E-state index in [9.17, 15) is 17.6 Å². The highest BCUT2D eigenvalue weighted by Crippen LogP contribution is 2.17. The Morgan fingerprint density at radius 3 is 2.42 bits per heavy atom. The summed E-state index contributed by atoms with van der Waals surface area (Å²) in [4.78, 5) is 12.4. The van der Waals surface area contributed by atoms with E-state index in [4.69, 9.17) is 0 Å². The molecule has 0 aliphatic heterocycles. The number of halogens is 1. The van der Waals surface area contributed by atoms with Gasteiger partial charge in [-0.3, -0.25) is 4.79 Å². The minimum Gasteiger partial charge on any atom is -0.352 e. The van der Waals surface area contributed by atoms with Gasteiger partial charge < -0.3 is 5.32 Å². The fraction of sp³-hybridized carbons (Fsp3) is 0.278. The molecule has 6 heteroatoms. The average molecular weight is 349 g/mol. The maximum absolute atomic E-state index is 12.9. The molecule has 0 atom stereocenters. The summed E-state index contributed by atoms with van der Waals surface area (Å²) in [5.41, 5.74) is 1.05. The van der Waals surface area contributed by atoms with Crippen molar-refractivity contribution < 1.29 is 17.6 Å². The van der Waals surface area contributed by atoms with E-state index in [-0.39, 0.29) is 22.0 Å². The number of benzene rings is 2. The molecule has 2 aromatic rings. The number of amides is 1. The first-order valence-corrected chi connectivity index (χ1v) is 9.43. The maximum atomic E-state index is 12.9.